The third-order valence-corrected chi connectivity index (χ3v) is 3.16. The topological polar surface area (TPSA) is 84.0 Å². The number of ether oxygens (including phenoxy) is 1. The maximum absolute atomic E-state index is 12.3. The Bertz CT molecular complexity index is 598. The Morgan fingerprint density at radius 2 is 2.30 bits per heavy atom. The molecule has 7 nitrogen and oxygen atoms in total. The van der Waals surface area contributed by atoms with Gasteiger partial charge in [0.2, 0.25) is 0 Å². The van der Waals surface area contributed by atoms with Gasteiger partial charge in [-0.3, -0.25) is 9.78 Å². The monoisotopic (exact) mass is 273 g/mol. The Kier molecular flexibility index (Phi) is 3.42. The number of rotatable bonds is 2. The molecular formula is C13H15N5O2. The molecule has 0 bridgehead atoms. The van der Waals surface area contributed by atoms with Gasteiger partial charge in [0.15, 0.2) is 0 Å². The number of aromatic amines is 1. The summed E-state index contributed by atoms with van der Waals surface area (Å²) in [6.07, 6.45) is 6.07. The molecule has 0 spiro atoms. The third kappa shape index (κ3) is 2.53. The Morgan fingerprint density at radius 1 is 1.40 bits per heavy atom. The second-order valence-corrected chi connectivity index (χ2v) is 4.65. The summed E-state index contributed by atoms with van der Waals surface area (Å²) in [4.78, 5) is 29.4. The van der Waals surface area contributed by atoms with Crippen LogP contribution in [0.15, 0.2) is 24.8 Å². The largest absolute Gasteiger partial charge is 0.367 e. The molecule has 0 saturated carbocycles. The van der Waals surface area contributed by atoms with Crippen molar-refractivity contribution in [2.24, 2.45) is 0 Å². The number of amides is 1. The van der Waals surface area contributed by atoms with Crippen molar-refractivity contribution in [2.45, 2.75) is 13.0 Å². The molecule has 1 N–H and O–H groups in total. The van der Waals surface area contributed by atoms with Gasteiger partial charge in [0.05, 0.1) is 19.3 Å². The van der Waals surface area contributed by atoms with Crippen LogP contribution in [-0.4, -0.2) is 50.4 Å². The summed E-state index contributed by atoms with van der Waals surface area (Å²) in [7, 11) is 0. The van der Waals surface area contributed by atoms with E-state index < -0.39 is 0 Å². The molecule has 1 amide bonds. The number of morpholine rings is 1. The molecule has 3 heterocycles. The van der Waals surface area contributed by atoms with E-state index in [2.05, 4.69) is 19.9 Å². The molecule has 2 aromatic rings. The van der Waals surface area contributed by atoms with Crippen LogP contribution >= 0.6 is 0 Å². The Hall–Kier alpha value is -2.28. The number of carbonyl (C=O) groups is 1. The van der Waals surface area contributed by atoms with Crippen molar-refractivity contribution in [1.82, 2.24) is 24.8 Å². The molecule has 7 heteroatoms. The summed E-state index contributed by atoms with van der Waals surface area (Å²) in [5, 5.41) is 0. The van der Waals surface area contributed by atoms with Gasteiger partial charge in [0, 0.05) is 30.8 Å². The zero-order valence-electron chi connectivity index (χ0n) is 11.1. The fraction of sp³-hybridized carbons (Fsp3) is 0.385. The molecule has 1 fully saturated rings. The Morgan fingerprint density at radius 3 is 3.00 bits per heavy atom. The van der Waals surface area contributed by atoms with E-state index in [1.807, 2.05) is 6.92 Å². The van der Waals surface area contributed by atoms with Gasteiger partial charge in [-0.25, -0.2) is 9.97 Å². The quantitative estimate of drug-likeness (QED) is 0.871. The van der Waals surface area contributed by atoms with Crippen molar-refractivity contribution in [1.29, 1.82) is 0 Å². The highest BCUT2D eigenvalue weighted by Crippen LogP contribution is 2.20. The number of hydrogen-bond donors (Lipinski definition) is 1. The van der Waals surface area contributed by atoms with Gasteiger partial charge in [-0.1, -0.05) is 0 Å². The van der Waals surface area contributed by atoms with Crippen molar-refractivity contribution in [3.05, 3.63) is 42.0 Å². The lowest BCUT2D eigenvalue weighted by Crippen LogP contribution is -2.42. The number of nitrogens with one attached hydrogen (secondary N) is 1. The molecule has 1 aliphatic heterocycles. The lowest BCUT2D eigenvalue weighted by atomic mass is 10.2. The van der Waals surface area contributed by atoms with Gasteiger partial charge < -0.3 is 14.6 Å². The van der Waals surface area contributed by atoms with Gasteiger partial charge in [-0.05, 0) is 6.92 Å². The zero-order chi connectivity index (χ0) is 13.9. The predicted molar refractivity (Wildman–Crippen MR) is 70.0 cm³/mol. The first-order valence-electron chi connectivity index (χ1n) is 6.42. The van der Waals surface area contributed by atoms with Gasteiger partial charge in [-0.2, -0.15) is 0 Å². The van der Waals surface area contributed by atoms with E-state index in [4.69, 9.17) is 4.74 Å². The average molecular weight is 273 g/mol. The number of hydrogen-bond acceptors (Lipinski definition) is 5. The highest BCUT2D eigenvalue weighted by atomic mass is 16.5. The minimum atomic E-state index is -0.224. The van der Waals surface area contributed by atoms with E-state index in [0.717, 1.165) is 11.5 Å². The third-order valence-electron chi connectivity index (χ3n) is 3.16. The van der Waals surface area contributed by atoms with Gasteiger partial charge in [0.25, 0.3) is 5.91 Å². The normalized spacial score (nSPS) is 19.1. The maximum atomic E-state index is 12.3. The van der Waals surface area contributed by atoms with E-state index in [9.17, 15) is 4.79 Å². The zero-order valence-corrected chi connectivity index (χ0v) is 11.1. The SMILES string of the molecule is Cc1cnc(C2CN(C(=O)c3cnccn3)CCO2)[nH]1. The number of H-pyrrole nitrogens is 1. The number of imidazole rings is 1. The molecule has 2 aromatic heterocycles. The molecule has 104 valence electrons. The molecule has 1 saturated heterocycles. The molecule has 3 rings (SSSR count). The van der Waals surface area contributed by atoms with Gasteiger partial charge in [-0.15, -0.1) is 0 Å². The van der Waals surface area contributed by atoms with Crippen molar-refractivity contribution in [3.8, 4) is 0 Å². The Balaban J connectivity index is 1.74. The summed E-state index contributed by atoms with van der Waals surface area (Å²) in [6, 6.07) is 0. The number of nitrogens with zero attached hydrogens (tertiary/aromatic N) is 4. The number of carbonyl (C=O) groups excluding carboxylic acids is 1. The van der Waals surface area contributed by atoms with E-state index in [0.29, 0.717) is 25.4 Å². The van der Waals surface area contributed by atoms with Crippen LogP contribution in [-0.2, 0) is 4.74 Å². The maximum Gasteiger partial charge on any atom is 0.274 e. The summed E-state index contributed by atoms with van der Waals surface area (Å²) in [6.45, 7) is 3.42. The number of aromatic nitrogens is 4. The number of aryl methyl sites for hydroxylation is 1. The van der Waals surface area contributed by atoms with E-state index >= 15 is 0 Å². The minimum absolute atomic E-state index is 0.130. The molecule has 1 unspecified atom stereocenters. The van der Waals surface area contributed by atoms with Crippen LogP contribution in [0.25, 0.3) is 0 Å². The molecule has 0 aromatic carbocycles. The second kappa shape index (κ2) is 5.38. The van der Waals surface area contributed by atoms with Crippen LogP contribution in [0.5, 0.6) is 0 Å². The summed E-state index contributed by atoms with van der Waals surface area (Å²) >= 11 is 0. The van der Waals surface area contributed by atoms with Crippen LogP contribution in [0, 0.1) is 6.92 Å². The molecular weight excluding hydrogens is 258 g/mol. The van der Waals surface area contributed by atoms with Crippen molar-refractivity contribution in [3.63, 3.8) is 0 Å². The van der Waals surface area contributed by atoms with Crippen LogP contribution < -0.4 is 0 Å². The summed E-state index contributed by atoms with van der Waals surface area (Å²) < 4.78 is 5.67. The first-order valence-corrected chi connectivity index (χ1v) is 6.42. The van der Waals surface area contributed by atoms with E-state index in [1.165, 1.54) is 12.4 Å². The van der Waals surface area contributed by atoms with Crippen molar-refractivity contribution >= 4 is 5.91 Å². The molecule has 1 aliphatic rings. The minimum Gasteiger partial charge on any atom is -0.367 e. The van der Waals surface area contributed by atoms with E-state index in [-0.39, 0.29) is 12.0 Å². The summed E-state index contributed by atoms with van der Waals surface area (Å²) in [5.74, 6) is 0.619. The highest BCUT2D eigenvalue weighted by Gasteiger charge is 2.28. The van der Waals surface area contributed by atoms with Crippen LogP contribution in [0.4, 0.5) is 0 Å². The Labute approximate surface area is 116 Å². The van der Waals surface area contributed by atoms with Crippen LogP contribution in [0.1, 0.15) is 28.1 Å². The molecule has 1 atom stereocenters. The smallest absolute Gasteiger partial charge is 0.274 e. The molecule has 0 aliphatic carbocycles. The predicted octanol–water partition coefficient (Wildman–Crippen LogP) is 0.722. The standard InChI is InChI=1S/C13H15N5O2/c1-9-6-16-12(17-9)11-8-18(4-5-20-11)13(19)10-7-14-2-3-15-10/h2-3,6-7,11H,4-5,8H2,1H3,(H,16,17). The molecule has 0 radical (unpaired) electrons. The molecule has 20 heavy (non-hydrogen) atoms. The first-order chi connectivity index (χ1) is 9.74. The van der Waals surface area contributed by atoms with Crippen LogP contribution in [0.3, 0.4) is 0 Å². The van der Waals surface area contributed by atoms with Crippen molar-refractivity contribution in [2.75, 3.05) is 19.7 Å². The highest BCUT2D eigenvalue weighted by molar-refractivity contribution is 5.92. The second-order valence-electron chi connectivity index (χ2n) is 4.65. The van der Waals surface area contributed by atoms with Gasteiger partial charge in [0.1, 0.15) is 17.6 Å². The lowest BCUT2D eigenvalue weighted by molar-refractivity contribution is -0.0266. The fourth-order valence-corrected chi connectivity index (χ4v) is 2.17. The lowest BCUT2D eigenvalue weighted by Gasteiger charge is -2.31. The van der Waals surface area contributed by atoms with Gasteiger partial charge >= 0.3 is 0 Å². The van der Waals surface area contributed by atoms with E-state index in [1.54, 1.807) is 17.3 Å². The fourth-order valence-electron chi connectivity index (χ4n) is 2.17. The average Bonchev–Trinajstić information content (AvgIpc) is 2.94. The first kappa shape index (κ1) is 12.7. The summed E-state index contributed by atoms with van der Waals surface area (Å²) in [5.41, 5.74) is 1.32. The van der Waals surface area contributed by atoms with Crippen molar-refractivity contribution < 1.29 is 9.53 Å². The van der Waals surface area contributed by atoms with Crippen LogP contribution in [0.2, 0.25) is 0 Å².